The van der Waals surface area contributed by atoms with Crippen molar-refractivity contribution in [2.75, 3.05) is 12.4 Å². The zero-order valence-corrected chi connectivity index (χ0v) is 25.2. The summed E-state index contributed by atoms with van der Waals surface area (Å²) in [7, 11) is 1.57. The zero-order valence-electron chi connectivity index (χ0n) is 25.2. The molecular formula is C34H41N3O5. The van der Waals surface area contributed by atoms with Crippen molar-refractivity contribution in [2.24, 2.45) is 0 Å². The Morgan fingerprint density at radius 3 is 2.19 bits per heavy atom. The SMILES string of the molecule is C=Cc1cccc(C(C(=O)Nc2ccc(OC)cc2)N(C(=O)C(Cc2ccccc2)NC(=O)OC(C)(C)C)C(C)C)c1. The topological polar surface area (TPSA) is 97.0 Å². The number of rotatable bonds is 11. The fraction of sp³-hybridized carbons (Fsp3) is 0.324. The number of nitrogens with zero attached hydrogens (tertiary/aromatic N) is 1. The number of carbonyl (C=O) groups is 3. The first-order chi connectivity index (χ1) is 19.9. The minimum atomic E-state index is -1.02. The van der Waals surface area contributed by atoms with Gasteiger partial charge >= 0.3 is 6.09 Å². The highest BCUT2D eigenvalue weighted by molar-refractivity contribution is 5.99. The molecule has 3 aromatic rings. The van der Waals surface area contributed by atoms with Gasteiger partial charge in [-0.15, -0.1) is 0 Å². The summed E-state index contributed by atoms with van der Waals surface area (Å²) in [5.74, 6) is -0.169. The highest BCUT2D eigenvalue weighted by Gasteiger charge is 2.38. The summed E-state index contributed by atoms with van der Waals surface area (Å²) in [5.41, 5.74) is 2.06. The van der Waals surface area contributed by atoms with Gasteiger partial charge in [-0.05, 0) is 81.6 Å². The zero-order chi connectivity index (χ0) is 30.9. The lowest BCUT2D eigenvalue weighted by Crippen LogP contribution is -2.55. The molecule has 0 bridgehead atoms. The van der Waals surface area contributed by atoms with Gasteiger partial charge < -0.3 is 25.0 Å². The minimum absolute atomic E-state index is 0.210. The van der Waals surface area contributed by atoms with Crippen LogP contribution >= 0.6 is 0 Å². The highest BCUT2D eigenvalue weighted by atomic mass is 16.6. The van der Waals surface area contributed by atoms with E-state index in [0.29, 0.717) is 17.0 Å². The summed E-state index contributed by atoms with van der Waals surface area (Å²) in [5, 5.41) is 5.73. The fourth-order valence-corrected chi connectivity index (χ4v) is 4.54. The van der Waals surface area contributed by atoms with Crippen molar-refractivity contribution in [1.29, 1.82) is 0 Å². The average Bonchev–Trinajstić information content (AvgIpc) is 2.94. The third-order valence-electron chi connectivity index (χ3n) is 6.43. The van der Waals surface area contributed by atoms with E-state index in [-0.39, 0.29) is 6.42 Å². The van der Waals surface area contributed by atoms with Crippen molar-refractivity contribution < 1.29 is 23.9 Å². The van der Waals surface area contributed by atoms with Gasteiger partial charge in [0.15, 0.2) is 0 Å². The molecule has 3 rings (SSSR count). The number of carbonyl (C=O) groups excluding carboxylic acids is 3. The number of hydrogen-bond acceptors (Lipinski definition) is 5. The maximum absolute atomic E-state index is 14.4. The molecule has 0 aliphatic carbocycles. The third kappa shape index (κ3) is 8.96. The summed E-state index contributed by atoms with van der Waals surface area (Å²) in [6.07, 6.45) is 1.18. The standard InChI is InChI=1S/C34H41N3O5/c1-8-24-15-12-16-26(21-24)30(31(38)35-27-17-19-28(41-7)20-18-27)37(23(2)3)32(39)29(22-25-13-10-9-11-14-25)36-33(40)42-34(4,5)6/h8-21,23,29-30H,1,22H2,2-7H3,(H,35,38)(H,36,40). The van der Waals surface area contributed by atoms with Gasteiger partial charge in [0.2, 0.25) is 5.91 Å². The predicted molar refractivity (Wildman–Crippen MR) is 166 cm³/mol. The molecule has 3 aromatic carbocycles. The van der Waals surface area contributed by atoms with E-state index in [1.165, 1.54) is 4.90 Å². The Morgan fingerprint density at radius 2 is 1.62 bits per heavy atom. The molecule has 2 atom stereocenters. The van der Waals surface area contributed by atoms with Crippen LogP contribution in [0.1, 0.15) is 57.4 Å². The summed E-state index contributed by atoms with van der Waals surface area (Å²) >= 11 is 0. The quantitative estimate of drug-likeness (QED) is 0.278. The number of anilines is 1. The average molecular weight is 572 g/mol. The van der Waals surface area contributed by atoms with E-state index in [9.17, 15) is 14.4 Å². The lowest BCUT2D eigenvalue weighted by molar-refractivity contribution is -0.142. The van der Waals surface area contributed by atoms with Crippen molar-refractivity contribution in [2.45, 2.75) is 64.8 Å². The fourth-order valence-electron chi connectivity index (χ4n) is 4.54. The Hall–Kier alpha value is -4.59. The molecule has 0 aliphatic heterocycles. The van der Waals surface area contributed by atoms with Crippen LogP contribution in [0, 0.1) is 0 Å². The van der Waals surface area contributed by atoms with Crippen LogP contribution in [0.5, 0.6) is 5.75 Å². The highest BCUT2D eigenvalue weighted by Crippen LogP contribution is 2.28. The Bertz CT molecular complexity index is 1360. The number of benzene rings is 3. The molecular weight excluding hydrogens is 530 g/mol. The second-order valence-corrected chi connectivity index (χ2v) is 11.2. The molecule has 0 fully saturated rings. The molecule has 222 valence electrons. The molecule has 0 saturated heterocycles. The van der Waals surface area contributed by atoms with Gasteiger partial charge in [0.25, 0.3) is 5.91 Å². The Kier molecular flexibility index (Phi) is 10.9. The van der Waals surface area contributed by atoms with Crippen molar-refractivity contribution >= 4 is 29.7 Å². The summed E-state index contributed by atoms with van der Waals surface area (Å²) in [4.78, 5) is 42.9. The summed E-state index contributed by atoms with van der Waals surface area (Å²) < 4.78 is 10.7. The predicted octanol–water partition coefficient (Wildman–Crippen LogP) is 6.39. The van der Waals surface area contributed by atoms with Gasteiger partial charge in [0.05, 0.1) is 7.11 Å². The molecule has 3 amide bonds. The van der Waals surface area contributed by atoms with Crippen molar-refractivity contribution in [3.05, 3.63) is 102 Å². The van der Waals surface area contributed by atoms with Crippen LogP contribution in [-0.2, 0) is 20.7 Å². The maximum Gasteiger partial charge on any atom is 0.408 e. The normalized spacial score (nSPS) is 12.5. The number of nitrogens with one attached hydrogen (secondary N) is 2. The molecule has 2 N–H and O–H groups in total. The molecule has 0 saturated carbocycles. The van der Waals surface area contributed by atoms with Crippen LogP contribution in [0.4, 0.5) is 10.5 Å². The van der Waals surface area contributed by atoms with E-state index in [1.807, 2.05) is 62.4 Å². The molecule has 0 heterocycles. The molecule has 42 heavy (non-hydrogen) atoms. The first kappa shape index (κ1) is 31.9. The number of ether oxygens (including phenoxy) is 2. The first-order valence-corrected chi connectivity index (χ1v) is 13.9. The lowest BCUT2D eigenvalue weighted by atomic mass is 9.97. The second-order valence-electron chi connectivity index (χ2n) is 11.2. The molecule has 0 spiro atoms. The van der Waals surface area contributed by atoms with E-state index in [2.05, 4.69) is 17.2 Å². The molecule has 2 unspecified atom stereocenters. The van der Waals surface area contributed by atoms with Crippen LogP contribution < -0.4 is 15.4 Å². The number of methoxy groups -OCH3 is 1. The van der Waals surface area contributed by atoms with Crippen LogP contribution in [0.15, 0.2) is 85.4 Å². The monoisotopic (exact) mass is 571 g/mol. The van der Waals surface area contributed by atoms with Crippen LogP contribution in [0.3, 0.4) is 0 Å². The van der Waals surface area contributed by atoms with Gasteiger partial charge in [-0.3, -0.25) is 9.59 Å². The second kappa shape index (κ2) is 14.3. The van der Waals surface area contributed by atoms with Gasteiger partial charge in [0.1, 0.15) is 23.4 Å². The van der Waals surface area contributed by atoms with Crippen LogP contribution in [0.2, 0.25) is 0 Å². The number of amides is 3. The van der Waals surface area contributed by atoms with Crippen molar-refractivity contribution in [3.8, 4) is 5.75 Å². The van der Waals surface area contributed by atoms with E-state index in [4.69, 9.17) is 9.47 Å². The number of hydrogen-bond donors (Lipinski definition) is 2. The molecule has 8 nitrogen and oxygen atoms in total. The van der Waals surface area contributed by atoms with Crippen LogP contribution in [0.25, 0.3) is 6.08 Å². The molecule has 8 heteroatoms. The maximum atomic E-state index is 14.4. The van der Waals surface area contributed by atoms with Gasteiger partial charge in [-0.1, -0.05) is 61.2 Å². The van der Waals surface area contributed by atoms with Gasteiger partial charge in [-0.2, -0.15) is 0 Å². The molecule has 0 aromatic heterocycles. The largest absolute Gasteiger partial charge is 0.497 e. The Labute approximate surface area is 248 Å². The van der Waals surface area contributed by atoms with Gasteiger partial charge in [-0.25, -0.2) is 4.79 Å². The molecule has 0 aliphatic rings. The lowest BCUT2D eigenvalue weighted by Gasteiger charge is -2.37. The Balaban J connectivity index is 2.06. The molecule has 0 radical (unpaired) electrons. The smallest absolute Gasteiger partial charge is 0.408 e. The summed E-state index contributed by atoms with van der Waals surface area (Å²) in [6, 6.07) is 21.3. The van der Waals surface area contributed by atoms with E-state index in [0.717, 1.165) is 11.1 Å². The van der Waals surface area contributed by atoms with Crippen molar-refractivity contribution in [3.63, 3.8) is 0 Å². The van der Waals surface area contributed by atoms with E-state index in [1.54, 1.807) is 64.3 Å². The third-order valence-corrected chi connectivity index (χ3v) is 6.43. The van der Waals surface area contributed by atoms with Gasteiger partial charge in [0, 0.05) is 18.2 Å². The minimum Gasteiger partial charge on any atom is -0.497 e. The summed E-state index contributed by atoms with van der Waals surface area (Å²) in [6.45, 7) is 12.8. The van der Waals surface area contributed by atoms with E-state index >= 15 is 0 Å². The van der Waals surface area contributed by atoms with Crippen LogP contribution in [-0.4, -0.2) is 47.6 Å². The first-order valence-electron chi connectivity index (χ1n) is 13.9. The van der Waals surface area contributed by atoms with E-state index < -0.39 is 41.6 Å². The Morgan fingerprint density at radius 1 is 0.952 bits per heavy atom. The van der Waals surface area contributed by atoms with Crippen molar-refractivity contribution in [1.82, 2.24) is 10.2 Å². The number of alkyl carbamates (subject to hydrolysis) is 1.